The fourth-order valence-electron chi connectivity index (χ4n) is 8.63. The van der Waals surface area contributed by atoms with E-state index in [9.17, 15) is 0 Å². The number of para-hydroxylation sites is 2. The molecule has 1 aromatic heterocycles. The van der Waals surface area contributed by atoms with Crippen molar-refractivity contribution in [3.8, 4) is 22.3 Å². The Balaban J connectivity index is 1.03. The first-order valence-corrected chi connectivity index (χ1v) is 18.6. The van der Waals surface area contributed by atoms with Gasteiger partial charge in [0.15, 0.2) is 0 Å². The zero-order valence-corrected chi connectivity index (χ0v) is 30.0. The third-order valence-corrected chi connectivity index (χ3v) is 11.5. The van der Waals surface area contributed by atoms with Crippen LogP contribution in [0, 0.1) is 0 Å². The quantitative estimate of drug-likeness (QED) is 0.174. The van der Waals surface area contributed by atoms with Crippen LogP contribution in [0.5, 0.6) is 0 Å². The van der Waals surface area contributed by atoms with Gasteiger partial charge in [0.1, 0.15) is 11.2 Å². The van der Waals surface area contributed by atoms with E-state index in [1.54, 1.807) is 0 Å². The SMILES string of the molecule is CC1(C)c2ccccc2-c2ccc(N(c3ccc(C4=CCC(c5ccccc5)C=C4)cc3)c3ccc(-c4cccc5c4oc4ccccc45)cc3)cc21. The highest BCUT2D eigenvalue weighted by atomic mass is 16.3. The summed E-state index contributed by atoms with van der Waals surface area (Å²) < 4.78 is 6.41. The number of nitrogens with zero attached hydrogens (tertiary/aromatic N) is 1. The summed E-state index contributed by atoms with van der Waals surface area (Å²) in [6.45, 7) is 4.70. The molecule has 0 radical (unpaired) electrons. The number of hydrogen-bond donors (Lipinski definition) is 0. The fourth-order valence-corrected chi connectivity index (χ4v) is 8.63. The molecule has 2 aliphatic rings. The maximum absolute atomic E-state index is 6.41. The Morgan fingerprint density at radius 2 is 1.19 bits per heavy atom. The van der Waals surface area contributed by atoms with Crippen molar-refractivity contribution in [1.29, 1.82) is 0 Å². The normalized spacial score (nSPS) is 15.7. The number of hydrogen-bond acceptors (Lipinski definition) is 2. The highest BCUT2D eigenvalue weighted by Gasteiger charge is 2.35. The van der Waals surface area contributed by atoms with Crippen LogP contribution in [0.2, 0.25) is 0 Å². The van der Waals surface area contributed by atoms with E-state index in [-0.39, 0.29) is 5.41 Å². The summed E-state index contributed by atoms with van der Waals surface area (Å²) in [7, 11) is 0. The fraction of sp³-hybridized carbons (Fsp3) is 0.0980. The summed E-state index contributed by atoms with van der Waals surface area (Å²) in [5.41, 5.74) is 16.6. The Morgan fingerprint density at radius 3 is 1.96 bits per heavy atom. The Kier molecular flexibility index (Phi) is 7.33. The van der Waals surface area contributed by atoms with Gasteiger partial charge < -0.3 is 9.32 Å². The predicted octanol–water partition coefficient (Wildman–Crippen LogP) is 14.2. The van der Waals surface area contributed by atoms with E-state index in [0.29, 0.717) is 5.92 Å². The van der Waals surface area contributed by atoms with E-state index in [1.807, 2.05) is 12.1 Å². The minimum atomic E-state index is -0.0933. The zero-order valence-electron chi connectivity index (χ0n) is 30.0. The standard InChI is InChI=1S/C51H39NO/c1-51(2)47-17-8-6-13-43(47)44-32-31-41(33-48(44)51)52(39-27-23-37(24-28-39)36-21-19-35(20-22-36)34-11-4-3-5-12-34)40-29-25-38(26-30-40)42-15-10-16-46-45-14-7-9-18-49(45)53-50(42)46/h3-19,21-33,35H,20H2,1-2H3. The topological polar surface area (TPSA) is 16.4 Å². The molecule has 0 saturated heterocycles. The van der Waals surface area contributed by atoms with Gasteiger partial charge in [0.25, 0.3) is 0 Å². The van der Waals surface area contributed by atoms with Gasteiger partial charge >= 0.3 is 0 Å². The number of allylic oxidation sites excluding steroid dienone is 4. The lowest BCUT2D eigenvalue weighted by Gasteiger charge is -2.28. The summed E-state index contributed by atoms with van der Waals surface area (Å²) in [6.07, 6.45) is 8.02. The van der Waals surface area contributed by atoms with Crippen molar-refractivity contribution >= 4 is 44.6 Å². The highest BCUT2D eigenvalue weighted by Crippen LogP contribution is 2.51. The largest absolute Gasteiger partial charge is 0.455 e. The lowest BCUT2D eigenvalue weighted by molar-refractivity contribution is 0.660. The summed E-state index contributed by atoms with van der Waals surface area (Å²) in [4.78, 5) is 2.39. The van der Waals surface area contributed by atoms with E-state index >= 15 is 0 Å². The molecule has 0 amide bonds. The maximum Gasteiger partial charge on any atom is 0.143 e. The summed E-state index contributed by atoms with van der Waals surface area (Å²) in [6, 6.07) is 59.4. The zero-order chi connectivity index (χ0) is 35.5. The van der Waals surface area contributed by atoms with Crippen LogP contribution < -0.4 is 4.90 Å². The third kappa shape index (κ3) is 5.25. The van der Waals surface area contributed by atoms with Crippen molar-refractivity contribution in [2.45, 2.75) is 31.6 Å². The molecule has 0 aliphatic heterocycles. The van der Waals surface area contributed by atoms with Crippen LogP contribution in [-0.4, -0.2) is 0 Å². The minimum absolute atomic E-state index is 0.0933. The van der Waals surface area contributed by atoms with Crippen LogP contribution in [0.1, 0.15) is 48.4 Å². The Bertz CT molecular complexity index is 2710. The first-order valence-electron chi connectivity index (χ1n) is 18.6. The molecule has 0 N–H and O–H groups in total. The molecule has 0 fully saturated rings. The second kappa shape index (κ2) is 12.4. The average Bonchev–Trinajstić information content (AvgIpc) is 3.71. The molecule has 0 spiro atoms. The van der Waals surface area contributed by atoms with Gasteiger partial charge in [-0.3, -0.25) is 0 Å². The smallest absolute Gasteiger partial charge is 0.143 e. The lowest BCUT2D eigenvalue weighted by Crippen LogP contribution is -2.16. The number of benzene rings is 7. The summed E-state index contributed by atoms with van der Waals surface area (Å²) >= 11 is 0. The second-order valence-electron chi connectivity index (χ2n) is 14.9. The molecule has 1 heterocycles. The van der Waals surface area contributed by atoms with Crippen LogP contribution in [0.4, 0.5) is 17.1 Å². The van der Waals surface area contributed by atoms with Crippen molar-refractivity contribution in [2.24, 2.45) is 0 Å². The van der Waals surface area contributed by atoms with E-state index < -0.39 is 0 Å². The van der Waals surface area contributed by atoms with Crippen molar-refractivity contribution in [1.82, 2.24) is 0 Å². The van der Waals surface area contributed by atoms with E-state index in [0.717, 1.165) is 56.5 Å². The second-order valence-corrected chi connectivity index (χ2v) is 14.9. The van der Waals surface area contributed by atoms with Crippen molar-refractivity contribution < 1.29 is 4.42 Å². The first-order chi connectivity index (χ1) is 26.0. The van der Waals surface area contributed by atoms with Gasteiger partial charge in [-0.1, -0.05) is 153 Å². The van der Waals surface area contributed by atoms with E-state index in [1.165, 1.54) is 39.0 Å². The molecule has 0 bridgehead atoms. The van der Waals surface area contributed by atoms with Crippen molar-refractivity contribution in [2.75, 3.05) is 4.90 Å². The van der Waals surface area contributed by atoms with Crippen LogP contribution in [-0.2, 0) is 5.41 Å². The van der Waals surface area contributed by atoms with Crippen LogP contribution >= 0.6 is 0 Å². The highest BCUT2D eigenvalue weighted by molar-refractivity contribution is 6.09. The monoisotopic (exact) mass is 681 g/mol. The molecule has 254 valence electrons. The molecule has 10 rings (SSSR count). The molecule has 8 aromatic rings. The van der Waals surface area contributed by atoms with Gasteiger partial charge in [-0.25, -0.2) is 0 Å². The molecular formula is C51H39NO. The van der Waals surface area contributed by atoms with Gasteiger partial charge in [0.05, 0.1) is 0 Å². The molecular weight excluding hydrogens is 643 g/mol. The number of fused-ring (bicyclic) bond motifs is 6. The van der Waals surface area contributed by atoms with Crippen molar-refractivity contribution in [3.63, 3.8) is 0 Å². The minimum Gasteiger partial charge on any atom is -0.455 e. The van der Waals surface area contributed by atoms with Gasteiger partial charge in [-0.15, -0.1) is 0 Å². The van der Waals surface area contributed by atoms with Crippen LogP contribution in [0.3, 0.4) is 0 Å². The van der Waals surface area contributed by atoms with Crippen LogP contribution in [0.25, 0.3) is 49.8 Å². The molecule has 0 saturated carbocycles. The van der Waals surface area contributed by atoms with Crippen LogP contribution in [0.15, 0.2) is 186 Å². The first kappa shape index (κ1) is 31.4. The van der Waals surface area contributed by atoms with E-state index in [2.05, 4.69) is 189 Å². The Labute approximate surface area is 311 Å². The Morgan fingerprint density at radius 1 is 0.547 bits per heavy atom. The molecule has 53 heavy (non-hydrogen) atoms. The molecule has 1 unspecified atom stereocenters. The summed E-state index contributed by atoms with van der Waals surface area (Å²) in [5.74, 6) is 0.423. The molecule has 2 nitrogen and oxygen atoms in total. The summed E-state index contributed by atoms with van der Waals surface area (Å²) in [5, 5.41) is 2.29. The molecule has 2 heteroatoms. The Hall–Kier alpha value is -6.38. The number of furan rings is 1. The van der Waals surface area contributed by atoms with Gasteiger partial charge in [0, 0.05) is 44.7 Å². The number of anilines is 3. The average molecular weight is 682 g/mol. The van der Waals surface area contributed by atoms with Gasteiger partial charge in [-0.2, -0.15) is 0 Å². The van der Waals surface area contributed by atoms with Gasteiger partial charge in [-0.05, 0) is 93.4 Å². The predicted molar refractivity (Wildman–Crippen MR) is 222 cm³/mol. The van der Waals surface area contributed by atoms with E-state index in [4.69, 9.17) is 4.42 Å². The number of rotatable bonds is 6. The molecule has 2 aliphatic carbocycles. The third-order valence-electron chi connectivity index (χ3n) is 11.5. The van der Waals surface area contributed by atoms with Crippen molar-refractivity contribution in [3.05, 3.63) is 204 Å². The molecule has 7 aromatic carbocycles. The van der Waals surface area contributed by atoms with Gasteiger partial charge in [0.2, 0.25) is 0 Å². The maximum atomic E-state index is 6.41. The lowest BCUT2D eigenvalue weighted by atomic mass is 9.82. The molecule has 1 atom stereocenters.